The zero-order valence-electron chi connectivity index (χ0n) is 17.6. The van der Waals surface area contributed by atoms with E-state index in [9.17, 15) is 9.18 Å². The predicted octanol–water partition coefficient (Wildman–Crippen LogP) is 2.93. The minimum atomic E-state index is -0.222. The fourth-order valence-electron chi connectivity index (χ4n) is 3.54. The lowest BCUT2D eigenvalue weighted by molar-refractivity contribution is -0.135. The number of nitrogens with zero attached hydrogens (tertiary/aromatic N) is 4. The average Bonchev–Trinajstić information content (AvgIpc) is 2.71. The van der Waals surface area contributed by atoms with Gasteiger partial charge in [-0.15, -0.1) is 0 Å². The second kappa shape index (κ2) is 9.31. The summed E-state index contributed by atoms with van der Waals surface area (Å²) in [5.74, 6) is 1.61. The van der Waals surface area contributed by atoms with E-state index in [1.165, 1.54) is 13.2 Å². The molecule has 1 aromatic heterocycles. The van der Waals surface area contributed by atoms with Gasteiger partial charge in [0.05, 0.1) is 0 Å². The van der Waals surface area contributed by atoms with Crippen molar-refractivity contribution in [3.63, 3.8) is 0 Å². The highest BCUT2D eigenvalue weighted by atomic mass is 19.1. The van der Waals surface area contributed by atoms with Gasteiger partial charge >= 0.3 is 0 Å². The van der Waals surface area contributed by atoms with Crippen LogP contribution in [-0.2, 0) is 16.0 Å². The van der Waals surface area contributed by atoms with Crippen LogP contribution in [0.25, 0.3) is 0 Å². The molecule has 1 fully saturated rings. The van der Waals surface area contributed by atoms with Crippen LogP contribution in [0.4, 0.5) is 10.2 Å². The van der Waals surface area contributed by atoms with Crippen LogP contribution < -0.4 is 4.90 Å². The van der Waals surface area contributed by atoms with Gasteiger partial charge < -0.3 is 14.5 Å². The molecule has 156 valence electrons. The van der Waals surface area contributed by atoms with Crippen molar-refractivity contribution in [1.82, 2.24) is 14.9 Å². The van der Waals surface area contributed by atoms with Crippen molar-refractivity contribution in [2.75, 3.05) is 44.8 Å². The van der Waals surface area contributed by atoms with Crippen LogP contribution in [0.1, 0.15) is 42.4 Å². The van der Waals surface area contributed by atoms with E-state index in [0.29, 0.717) is 38.2 Å². The van der Waals surface area contributed by atoms with E-state index in [-0.39, 0.29) is 24.2 Å². The number of methoxy groups -OCH3 is 1. The fraction of sp³-hybridized carbons (Fsp3) is 0.500. The lowest BCUT2D eigenvalue weighted by Gasteiger charge is -2.36. The normalized spacial score (nSPS) is 14.6. The largest absolute Gasteiger partial charge is 0.375 e. The van der Waals surface area contributed by atoms with Crippen molar-refractivity contribution in [2.24, 2.45) is 0 Å². The quantitative estimate of drug-likeness (QED) is 0.746. The maximum Gasteiger partial charge on any atom is 0.248 e. The van der Waals surface area contributed by atoms with Crippen molar-refractivity contribution < 1.29 is 13.9 Å². The number of ether oxygens (including phenoxy) is 1. The highest BCUT2D eigenvalue weighted by Crippen LogP contribution is 2.27. The summed E-state index contributed by atoms with van der Waals surface area (Å²) in [7, 11) is 1.53. The van der Waals surface area contributed by atoms with Gasteiger partial charge in [0, 0.05) is 56.9 Å². The molecule has 0 atom stereocenters. The lowest BCUT2D eigenvalue weighted by Crippen LogP contribution is -2.50. The molecule has 0 bridgehead atoms. The number of hydrogen-bond donors (Lipinski definition) is 0. The van der Waals surface area contributed by atoms with Gasteiger partial charge in [-0.25, -0.2) is 14.4 Å². The number of piperazine rings is 1. The Hall–Kier alpha value is -2.54. The van der Waals surface area contributed by atoms with Gasteiger partial charge in [0.1, 0.15) is 24.1 Å². The highest BCUT2D eigenvalue weighted by Gasteiger charge is 2.25. The predicted molar refractivity (Wildman–Crippen MR) is 111 cm³/mol. The van der Waals surface area contributed by atoms with E-state index in [1.54, 1.807) is 12.1 Å². The first kappa shape index (κ1) is 21.2. The minimum Gasteiger partial charge on any atom is -0.375 e. The molecule has 0 saturated carbocycles. The van der Waals surface area contributed by atoms with Crippen LogP contribution in [0, 0.1) is 12.7 Å². The summed E-state index contributed by atoms with van der Waals surface area (Å²) in [5, 5.41) is 0. The van der Waals surface area contributed by atoms with Gasteiger partial charge in [-0.05, 0) is 18.6 Å². The SMILES string of the molecule is COCC(=O)N1CCN(c2nc(C(C)C)nc(C)c2Cc2ccccc2F)CC1. The summed E-state index contributed by atoms with van der Waals surface area (Å²) in [4.78, 5) is 25.6. The number of aromatic nitrogens is 2. The summed E-state index contributed by atoms with van der Waals surface area (Å²) in [6.45, 7) is 8.77. The Morgan fingerprint density at radius 3 is 2.48 bits per heavy atom. The van der Waals surface area contributed by atoms with Gasteiger partial charge in [-0.3, -0.25) is 4.79 Å². The van der Waals surface area contributed by atoms with E-state index in [2.05, 4.69) is 23.7 Å². The standard InChI is InChI=1S/C22H29FN4O2/c1-15(2)21-24-16(3)18(13-17-7-5-6-8-19(17)23)22(25-21)27-11-9-26(10-12-27)20(28)14-29-4/h5-8,15H,9-14H2,1-4H3. The van der Waals surface area contributed by atoms with Gasteiger partial charge in [0.15, 0.2) is 0 Å². The lowest BCUT2D eigenvalue weighted by atomic mass is 10.0. The number of anilines is 1. The Morgan fingerprint density at radius 1 is 1.17 bits per heavy atom. The number of carbonyl (C=O) groups excluding carboxylic acids is 1. The van der Waals surface area contributed by atoms with Crippen molar-refractivity contribution in [1.29, 1.82) is 0 Å². The Morgan fingerprint density at radius 2 is 1.86 bits per heavy atom. The van der Waals surface area contributed by atoms with Crippen LogP contribution in [0.2, 0.25) is 0 Å². The van der Waals surface area contributed by atoms with Crippen molar-refractivity contribution >= 4 is 11.7 Å². The number of carbonyl (C=O) groups is 1. The van der Waals surface area contributed by atoms with Crippen LogP contribution in [-0.4, -0.2) is 60.7 Å². The summed E-state index contributed by atoms with van der Waals surface area (Å²) in [5.41, 5.74) is 2.45. The third-order valence-electron chi connectivity index (χ3n) is 5.25. The summed E-state index contributed by atoms with van der Waals surface area (Å²) in [6, 6.07) is 6.82. The Kier molecular flexibility index (Phi) is 6.79. The Labute approximate surface area is 171 Å². The molecule has 2 heterocycles. The molecular formula is C22H29FN4O2. The van der Waals surface area contributed by atoms with E-state index in [4.69, 9.17) is 9.72 Å². The molecule has 0 aliphatic carbocycles. The Balaban J connectivity index is 1.90. The number of rotatable bonds is 6. The number of aryl methyl sites for hydroxylation is 1. The van der Waals surface area contributed by atoms with E-state index in [1.807, 2.05) is 17.9 Å². The first-order chi connectivity index (χ1) is 13.9. The third kappa shape index (κ3) is 4.90. The van der Waals surface area contributed by atoms with Crippen LogP contribution in [0.3, 0.4) is 0 Å². The highest BCUT2D eigenvalue weighted by molar-refractivity contribution is 5.77. The summed E-state index contributed by atoms with van der Waals surface area (Å²) >= 11 is 0. The zero-order chi connectivity index (χ0) is 21.0. The maximum absolute atomic E-state index is 14.3. The molecule has 2 aromatic rings. The minimum absolute atomic E-state index is 0.000433. The molecule has 1 aliphatic heterocycles. The molecule has 0 unspecified atom stereocenters. The number of benzene rings is 1. The van der Waals surface area contributed by atoms with Gasteiger partial charge in [0.2, 0.25) is 5.91 Å². The third-order valence-corrected chi connectivity index (χ3v) is 5.25. The number of amides is 1. The van der Waals surface area contributed by atoms with E-state index >= 15 is 0 Å². The smallest absolute Gasteiger partial charge is 0.248 e. The number of halogens is 1. The van der Waals surface area contributed by atoms with Gasteiger partial charge in [0.25, 0.3) is 0 Å². The summed E-state index contributed by atoms with van der Waals surface area (Å²) < 4.78 is 19.3. The molecule has 7 heteroatoms. The van der Waals surface area contributed by atoms with Crippen molar-refractivity contribution in [3.8, 4) is 0 Å². The van der Waals surface area contributed by atoms with Crippen LogP contribution in [0.5, 0.6) is 0 Å². The monoisotopic (exact) mass is 400 g/mol. The maximum atomic E-state index is 14.3. The molecule has 1 saturated heterocycles. The Bertz CT molecular complexity index is 864. The summed E-state index contributed by atoms with van der Waals surface area (Å²) in [6.07, 6.45) is 0.440. The molecule has 0 radical (unpaired) electrons. The van der Waals surface area contributed by atoms with Crippen LogP contribution in [0.15, 0.2) is 24.3 Å². The molecular weight excluding hydrogens is 371 g/mol. The molecule has 1 aliphatic rings. The molecule has 0 spiro atoms. The van der Waals surface area contributed by atoms with Crippen molar-refractivity contribution in [3.05, 3.63) is 52.7 Å². The second-order valence-corrected chi connectivity index (χ2v) is 7.69. The topological polar surface area (TPSA) is 58.6 Å². The van der Waals surface area contributed by atoms with E-state index < -0.39 is 0 Å². The first-order valence-corrected chi connectivity index (χ1v) is 10.0. The molecule has 3 rings (SSSR count). The second-order valence-electron chi connectivity index (χ2n) is 7.69. The van der Waals surface area contributed by atoms with Gasteiger partial charge in [-0.1, -0.05) is 32.0 Å². The average molecular weight is 400 g/mol. The molecule has 29 heavy (non-hydrogen) atoms. The van der Waals surface area contributed by atoms with Crippen molar-refractivity contribution in [2.45, 2.75) is 33.1 Å². The van der Waals surface area contributed by atoms with Crippen LogP contribution >= 0.6 is 0 Å². The zero-order valence-corrected chi connectivity index (χ0v) is 17.6. The molecule has 1 aromatic carbocycles. The molecule has 1 amide bonds. The molecule has 0 N–H and O–H groups in total. The fourth-order valence-corrected chi connectivity index (χ4v) is 3.54. The van der Waals surface area contributed by atoms with Gasteiger partial charge in [-0.2, -0.15) is 0 Å². The first-order valence-electron chi connectivity index (χ1n) is 10.0. The number of hydrogen-bond acceptors (Lipinski definition) is 5. The van der Waals surface area contributed by atoms with E-state index in [0.717, 1.165) is 22.9 Å². The molecule has 6 nitrogen and oxygen atoms in total.